The van der Waals surface area contributed by atoms with Crippen molar-refractivity contribution in [2.75, 3.05) is 12.3 Å². The predicted octanol–water partition coefficient (Wildman–Crippen LogP) is 3.67. The number of nitrogens with one attached hydrogen (secondary N) is 3. The van der Waals surface area contributed by atoms with Crippen molar-refractivity contribution in [3.63, 3.8) is 0 Å². The highest BCUT2D eigenvalue weighted by Gasteiger charge is 2.28. The number of fused-ring (bicyclic) bond motifs is 1. The zero-order valence-electron chi connectivity index (χ0n) is 20.2. The lowest BCUT2D eigenvalue weighted by Crippen LogP contribution is -2.38. The van der Waals surface area contributed by atoms with E-state index in [4.69, 9.17) is 11.5 Å². The van der Waals surface area contributed by atoms with Crippen molar-refractivity contribution in [2.24, 2.45) is 17.6 Å². The Labute approximate surface area is 209 Å². The molecule has 4 aromatic rings. The fourth-order valence-electron chi connectivity index (χ4n) is 5.18. The highest BCUT2D eigenvalue weighted by molar-refractivity contribution is 5.91. The SMILES string of the molecule is NC[C@H]1CC[C@H](C(=O)NC(Cc2ccccc2)c2cc(-c3ccc4c(N)n[nH]c4c3)cc(=O)[nH]2)CC1. The fourth-order valence-corrected chi connectivity index (χ4v) is 5.18. The van der Waals surface area contributed by atoms with E-state index in [-0.39, 0.29) is 23.4 Å². The number of hydrogen-bond acceptors (Lipinski definition) is 5. The lowest BCUT2D eigenvalue weighted by molar-refractivity contribution is -0.127. The third kappa shape index (κ3) is 5.18. The molecule has 8 heteroatoms. The second-order valence-corrected chi connectivity index (χ2v) is 9.76. The highest BCUT2D eigenvalue weighted by Crippen LogP contribution is 2.30. The molecule has 0 radical (unpaired) electrons. The van der Waals surface area contributed by atoms with Crippen LogP contribution in [-0.2, 0) is 11.2 Å². The molecular weight excluding hydrogens is 452 g/mol. The van der Waals surface area contributed by atoms with E-state index in [1.54, 1.807) is 6.07 Å². The number of H-pyrrole nitrogens is 2. The first-order valence-electron chi connectivity index (χ1n) is 12.5. The van der Waals surface area contributed by atoms with Crippen LogP contribution < -0.4 is 22.3 Å². The van der Waals surface area contributed by atoms with Crippen LogP contribution in [0.2, 0.25) is 0 Å². The Kier molecular flexibility index (Phi) is 6.86. The lowest BCUT2D eigenvalue weighted by Gasteiger charge is -2.29. The number of pyridine rings is 1. The topological polar surface area (TPSA) is 143 Å². The number of carbonyl (C=O) groups is 1. The molecule has 0 bridgehead atoms. The van der Waals surface area contributed by atoms with Crippen molar-refractivity contribution >= 4 is 22.6 Å². The molecule has 0 spiro atoms. The molecule has 2 aromatic carbocycles. The molecule has 7 N–H and O–H groups in total. The molecule has 1 aliphatic carbocycles. The molecule has 1 atom stereocenters. The maximum absolute atomic E-state index is 13.3. The van der Waals surface area contributed by atoms with Crippen LogP contribution in [0.3, 0.4) is 0 Å². The van der Waals surface area contributed by atoms with E-state index in [1.165, 1.54) is 0 Å². The smallest absolute Gasteiger partial charge is 0.248 e. The van der Waals surface area contributed by atoms with Gasteiger partial charge in [-0.15, -0.1) is 0 Å². The molecule has 1 fully saturated rings. The number of nitrogen functional groups attached to an aromatic ring is 1. The number of carbonyl (C=O) groups excluding carboxylic acids is 1. The van der Waals surface area contributed by atoms with Crippen molar-refractivity contribution < 1.29 is 4.79 Å². The number of hydrogen-bond donors (Lipinski definition) is 5. The van der Waals surface area contributed by atoms with Gasteiger partial charge in [0.25, 0.3) is 0 Å². The first-order valence-corrected chi connectivity index (χ1v) is 12.5. The monoisotopic (exact) mass is 484 g/mol. The van der Waals surface area contributed by atoms with Gasteiger partial charge in [-0.1, -0.05) is 36.4 Å². The van der Waals surface area contributed by atoms with Gasteiger partial charge >= 0.3 is 0 Å². The molecule has 1 amide bonds. The van der Waals surface area contributed by atoms with E-state index in [0.717, 1.165) is 53.3 Å². The highest BCUT2D eigenvalue weighted by atomic mass is 16.2. The number of nitrogens with two attached hydrogens (primary N) is 2. The zero-order chi connectivity index (χ0) is 25.1. The van der Waals surface area contributed by atoms with Crippen LogP contribution in [0.25, 0.3) is 22.0 Å². The van der Waals surface area contributed by atoms with Gasteiger partial charge in [-0.05, 0) is 79.5 Å². The van der Waals surface area contributed by atoms with Crippen molar-refractivity contribution in [3.8, 4) is 11.1 Å². The summed E-state index contributed by atoms with van der Waals surface area (Å²) in [4.78, 5) is 29.0. The van der Waals surface area contributed by atoms with Crippen molar-refractivity contribution in [2.45, 2.75) is 38.1 Å². The Balaban J connectivity index is 1.45. The van der Waals surface area contributed by atoms with Gasteiger partial charge < -0.3 is 21.8 Å². The summed E-state index contributed by atoms with van der Waals surface area (Å²) in [5.41, 5.74) is 15.7. The van der Waals surface area contributed by atoms with E-state index in [9.17, 15) is 9.59 Å². The summed E-state index contributed by atoms with van der Waals surface area (Å²) in [6, 6.07) is 18.9. The first kappa shape index (κ1) is 23.8. The Morgan fingerprint density at radius 3 is 2.56 bits per heavy atom. The van der Waals surface area contributed by atoms with Crippen molar-refractivity contribution in [1.29, 1.82) is 0 Å². The Morgan fingerprint density at radius 2 is 1.81 bits per heavy atom. The van der Waals surface area contributed by atoms with Gasteiger partial charge in [-0.25, -0.2) is 0 Å². The van der Waals surface area contributed by atoms with Crippen LogP contribution in [0.4, 0.5) is 5.82 Å². The Morgan fingerprint density at radius 1 is 1.03 bits per heavy atom. The van der Waals surface area contributed by atoms with Crippen LogP contribution in [0.15, 0.2) is 65.5 Å². The lowest BCUT2D eigenvalue weighted by atomic mass is 9.81. The average Bonchev–Trinajstić information content (AvgIpc) is 3.28. The first-order chi connectivity index (χ1) is 17.5. The van der Waals surface area contributed by atoms with E-state index in [2.05, 4.69) is 20.5 Å². The van der Waals surface area contributed by atoms with E-state index < -0.39 is 0 Å². The molecule has 0 aliphatic heterocycles. The average molecular weight is 485 g/mol. The third-order valence-electron chi connectivity index (χ3n) is 7.32. The van der Waals surface area contributed by atoms with Gasteiger partial charge in [0.15, 0.2) is 5.82 Å². The quantitative estimate of drug-likeness (QED) is 0.272. The Bertz CT molecular complexity index is 1400. The largest absolute Gasteiger partial charge is 0.382 e. The van der Waals surface area contributed by atoms with Crippen LogP contribution in [0.5, 0.6) is 0 Å². The number of anilines is 1. The number of nitrogens with zero attached hydrogens (tertiary/aromatic N) is 1. The minimum absolute atomic E-state index is 0.0331. The molecular formula is C28H32N6O2. The summed E-state index contributed by atoms with van der Waals surface area (Å²) < 4.78 is 0. The normalized spacial score (nSPS) is 18.7. The number of amides is 1. The molecule has 0 saturated heterocycles. The minimum Gasteiger partial charge on any atom is -0.382 e. The summed E-state index contributed by atoms with van der Waals surface area (Å²) in [6.07, 6.45) is 4.21. The van der Waals surface area contributed by atoms with E-state index >= 15 is 0 Å². The fraction of sp³-hybridized carbons (Fsp3) is 0.321. The van der Waals surface area contributed by atoms with Gasteiger partial charge in [0.1, 0.15) is 0 Å². The summed E-state index contributed by atoms with van der Waals surface area (Å²) in [5, 5.41) is 11.1. The molecule has 8 nitrogen and oxygen atoms in total. The molecule has 2 heterocycles. The second kappa shape index (κ2) is 10.4. The molecule has 1 saturated carbocycles. The number of aromatic amines is 2. The molecule has 1 unspecified atom stereocenters. The summed E-state index contributed by atoms with van der Waals surface area (Å²) in [5.74, 6) is 0.945. The second-order valence-electron chi connectivity index (χ2n) is 9.76. The molecule has 186 valence electrons. The van der Waals surface area contributed by atoms with Gasteiger partial charge in [-0.2, -0.15) is 5.10 Å². The molecule has 1 aliphatic rings. The summed E-state index contributed by atoms with van der Waals surface area (Å²) in [6.45, 7) is 0.677. The summed E-state index contributed by atoms with van der Waals surface area (Å²) >= 11 is 0. The van der Waals surface area contributed by atoms with E-state index in [1.807, 2.05) is 54.6 Å². The zero-order valence-corrected chi connectivity index (χ0v) is 20.2. The van der Waals surface area contributed by atoms with Crippen molar-refractivity contribution in [1.82, 2.24) is 20.5 Å². The van der Waals surface area contributed by atoms with Crippen LogP contribution in [0, 0.1) is 11.8 Å². The van der Waals surface area contributed by atoms with Gasteiger partial charge in [0.05, 0.1) is 11.6 Å². The van der Waals surface area contributed by atoms with Crippen LogP contribution >= 0.6 is 0 Å². The maximum atomic E-state index is 13.3. The number of aromatic nitrogens is 3. The molecule has 2 aromatic heterocycles. The number of rotatable bonds is 7. The number of benzene rings is 2. The summed E-state index contributed by atoms with van der Waals surface area (Å²) in [7, 11) is 0. The van der Waals surface area contributed by atoms with E-state index in [0.29, 0.717) is 30.4 Å². The van der Waals surface area contributed by atoms with Crippen molar-refractivity contribution in [3.05, 3.63) is 82.3 Å². The molecule has 36 heavy (non-hydrogen) atoms. The van der Waals surface area contributed by atoms with Gasteiger partial charge in [-0.3, -0.25) is 14.7 Å². The molecule has 5 rings (SSSR count). The predicted molar refractivity (Wildman–Crippen MR) is 142 cm³/mol. The standard InChI is InChI=1S/C28H32N6O2/c29-16-18-6-8-19(9-7-18)28(36)32-24(12-17-4-2-1-3-5-17)25-14-21(15-26(35)31-25)20-10-11-22-23(13-20)33-34-27(22)30/h1-5,10-11,13-15,18-19,24H,6-9,12,16,29H2,(H,31,35)(H,32,36)(H3,30,33,34)/t18-,19-,24?. The van der Waals surface area contributed by atoms with Crippen LogP contribution in [-0.4, -0.2) is 27.6 Å². The Hall–Kier alpha value is -3.91. The third-order valence-corrected chi connectivity index (χ3v) is 7.32. The minimum atomic E-state index is -0.369. The van der Waals surface area contributed by atoms with Gasteiger partial charge in [0, 0.05) is 23.1 Å². The van der Waals surface area contributed by atoms with Gasteiger partial charge in [0.2, 0.25) is 11.5 Å². The van der Waals surface area contributed by atoms with Crippen LogP contribution in [0.1, 0.15) is 43.0 Å². The maximum Gasteiger partial charge on any atom is 0.248 e.